The molecule has 1 N–H and O–H groups in total. The summed E-state index contributed by atoms with van der Waals surface area (Å²) < 4.78 is 40.3. The lowest BCUT2D eigenvalue weighted by Gasteiger charge is -2.31. The predicted molar refractivity (Wildman–Crippen MR) is 175 cm³/mol. The van der Waals surface area contributed by atoms with Crippen molar-refractivity contribution in [2.75, 3.05) is 31.1 Å². The minimum absolute atomic E-state index is 0.289. The van der Waals surface area contributed by atoms with E-state index in [1.807, 2.05) is 47.7 Å². The first-order valence-electron chi connectivity index (χ1n) is 16.0. The average molecular weight is 608 g/mol. The Morgan fingerprint density at radius 3 is 2.05 bits per heavy atom. The molecule has 43 heavy (non-hydrogen) atoms. The third-order valence-corrected chi connectivity index (χ3v) is 6.43. The number of Topliss-reactive ketones (excluding diaryl/α,β-unsaturated/α-hetero) is 1. The molecular formula is C34H56F3N5O. The van der Waals surface area contributed by atoms with E-state index in [4.69, 9.17) is 0 Å². The molecule has 6 nitrogen and oxygen atoms in total. The molecule has 0 unspecified atom stereocenters. The van der Waals surface area contributed by atoms with Crippen LogP contribution in [-0.2, 0) is 23.8 Å². The van der Waals surface area contributed by atoms with Crippen LogP contribution in [0, 0.1) is 13.8 Å². The number of pyridine rings is 2. The second kappa shape index (κ2) is 21.7. The number of fused-ring (bicyclic) bond motifs is 1. The zero-order valence-corrected chi connectivity index (χ0v) is 28.3. The minimum Gasteiger partial charge on any atom is -0.369 e. The van der Waals surface area contributed by atoms with Gasteiger partial charge in [-0.1, -0.05) is 61.3 Å². The molecule has 0 aromatic carbocycles. The van der Waals surface area contributed by atoms with Gasteiger partial charge in [0.25, 0.3) is 0 Å². The third kappa shape index (κ3) is 13.9. The third-order valence-electron chi connectivity index (χ3n) is 6.43. The van der Waals surface area contributed by atoms with Crippen LogP contribution in [-0.4, -0.2) is 46.3 Å². The van der Waals surface area contributed by atoms with Gasteiger partial charge in [0.2, 0.25) is 0 Å². The number of nitrogens with one attached hydrogen (secondary N) is 1. The molecule has 3 aromatic rings. The van der Waals surface area contributed by atoms with Crippen molar-refractivity contribution in [2.45, 2.75) is 114 Å². The van der Waals surface area contributed by atoms with Crippen molar-refractivity contribution in [3.63, 3.8) is 0 Å². The predicted octanol–water partition coefficient (Wildman–Crippen LogP) is 8.79. The summed E-state index contributed by atoms with van der Waals surface area (Å²) in [6, 6.07) is 3.29. The normalized spacial score (nSPS) is 12.4. The molecule has 0 saturated carbocycles. The summed E-state index contributed by atoms with van der Waals surface area (Å²) in [6.45, 7) is 24.0. The average Bonchev–Trinajstić information content (AvgIpc) is 3.36. The second-order valence-corrected chi connectivity index (χ2v) is 9.94. The number of halogens is 3. The van der Waals surface area contributed by atoms with Crippen molar-refractivity contribution in [1.29, 1.82) is 0 Å². The van der Waals surface area contributed by atoms with Gasteiger partial charge in [0, 0.05) is 62.6 Å². The summed E-state index contributed by atoms with van der Waals surface area (Å²) in [4.78, 5) is 21.0. The van der Waals surface area contributed by atoms with Crippen LogP contribution in [0.25, 0.3) is 5.65 Å². The minimum atomic E-state index is -4.31. The molecular weight excluding hydrogens is 551 g/mol. The maximum Gasteiger partial charge on any atom is 0.416 e. The van der Waals surface area contributed by atoms with Gasteiger partial charge in [0.05, 0.1) is 11.3 Å². The maximum absolute atomic E-state index is 12.9. The number of imidazole rings is 1. The number of rotatable bonds is 7. The number of ketones is 1. The van der Waals surface area contributed by atoms with Crippen LogP contribution in [0.1, 0.15) is 109 Å². The van der Waals surface area contributed by atoms with Crippen LogP contribution < -0.4 is 10.2 Å². The lowest BCUT2D eigenvalue weighted by molar-refractivity contribution is -0.138. The summed E-state index contributed by atoms with van der Waals surface area (Å²) in [5.41, 5.74) is 4.84. The van der Waals surface area contributed by atoms with Crippen molar-refractivity contribution in [3.8, 4) is 0 Å². The van der Waals surface area contributed by atoms with Crippen molar-refractivity contribution in [1.82, 2.24) is 19.7 Å². The van der Waals surface area contributed by atoms with Crippen molar-refractivity contribution < 1.29 is 18.0 Å². The van der Waals surface area contributed by atoms with E-state index >= 15 is 0 Å². The zero-order chi connectivity index (χ0) is 33.0. The number of nitrogens with zero attached hydrogens (tertiary/aromatic N) is 4. The number of carbonyl (C=O) groups is 1. The highest BCUT2D eigenvalue weighted by Gasteiger charge is 2.33. The number of hydrogen-bond donors (Lipinski definition) is 1. The van der Waals surface area contributed by atoms with Crippen LogP contribution in [0.4, 0.5) is 18.9 Å². The Bertz CT molecular complexity index is 1180. The molecule has 4 heterocycles. The Morgan fingerprint density at radius 2 is 1.56 bits per heavy atom. The maximum atomic E-state index is 12.9. The smallest absolute Gasteiger partial charge is 0.369 e. The van der Waals surface area contributed by atoms with E-state index in [1.54, 1.807) is 24.4 Å². The molecule has 1 saturated heterocycles. The highest BCUT2D eigenvalue weighted by atomic mass is 19.4. The van der Waals surface area contributed by atoms with E-state index in [1.165, 1.54) is 29.6 Å². The summed E-state index contributed by atoms with van der Waals surface area (Å²) in [5.74, 6) is 0.289. The quantitative estimate of drug-likeness (QED) is 0.291. The first kappa shape index (κ1) is 40.1. The van der Waals surface area contributed by atoms with Gasteiger partial charge < -0.3 is 19.4 Å². The molecule has 1 aliphatic heterocycles. The fraction of sp³-hybridized carbons (Fsp3) is 0.618. The number of anilines is 1. The Kier molecular flexibility index (Phi) is 20.2. The van der Waals surface area contributed by atoms with Gasteiger partial charge in [-0.2, -0.15) is 13.2 Å². The first-order valence-corrected chi connectivity index (χ1v) is 16.0. The first-order chi connectivity index (χ1) is 20.5. The number of alkyl halides is 3. The monoisotopic (exact) mass is 607 g/mol. The van der Waals surface area contributed by atoms with E-state index in [0.29, 0.717) is 29.7 Å². The molecule has 244 valence electrons. The van der Waals surface area contributed by atoms with Gasteiger partial charge in [-0.25, -0.2) is 4.98 Å². The van der Waals surface area contributed by atoms with Crippen LogP contribution in [0.2, 0.25) is 0 Å². The lowest BCUT2D eigenvalue weighted by atomic mass is 10.1. The summed E-state index contributed by atoms with van der Waals surface area (Å²) in [5, 5.41) is 3.39. The van der Waals surface area contributed by atoms with Gasteiger partial charge in [0.15, 0.2) is 0 Å². The fourth-order valence-corrected chi connectivity index (χ4v) is 4.63. The summed E-state index contributed by atoms with van der Waals surface area (Å²) in [7, 11) is 0. The standard InChI is InChI=1S/C13H21N3.C12H13F3N2.C5H10O.2C2H6/c1-3-4-12-11(2)15-6-5-13(12)16-9-7-14-8-10-16;1-3-4-9-7-17-6-8(2)16-11(17)5-10(9)12(13,14)15;1-3-4-5(2)6;2*1-2/h5-6,14H,3-4,7-10H2,1-2H3;5-7H,3-4H2,1-2H3;3-4H2,1-2H3;2*1-2H3. The Labute approximate surface area is 258 Å². The topological polar surface area (TPSA) is 62.5 Å². The van der Waals surface area contributed by atoms with E-state index < -0.39 is 11.7 Å². The van der Waals surface area contributed by atoms with Crippen LogP contribution in [0.3, 0.4) is 0 Å². The molecule has 0 atom stereocenters. The largest absolute Gasteiger partial charge is 0.416 e. The highest BCUT2D eigenvalue weighted by molar-refractivity contribution is 5.75. The molecule has 1 fully saturated rings. The molecule has 0 amide bonds. The van der Waals surface area contributed by atoms with Gasteiger partial charge in [-0.15, -0.1) is 0 Å². The summed E-state index contributed by atoms with van der Waals surface area (Å²) in [6.07, 6.45) is 6.03. The number of carbonyl (C=O) groups excluding carboxylic acids is 1. The Morgan fingerprint density at radius 1 is 0.953 bits per heavy atom. The van der Waals surface area contributed by atoms with Gasteiger partial charge in [-0.3, -0.25) is 4.98 Å². The van der Waals surface area contributed by atoms with Gasteiger partial charge >= 0.3 is 6.18 Å². The van der Waals surface area contributed by atoms with Crippen LogP contribution >= 0.6 is 0 Å². The highest BCUT2D eigenvalue weighted by Crippen LogP contribution is 2.33. The molecule has 1 aliphatic rings. The molecule has 3 aromatic heterocycles. The Hall–Kier alpha value is -2.94. The molecule has 0 spiro atoms. The SMILES string of the molecule is CC.CC.CCCC(C)=O.CCCc1c(N2CCNCC2)ccnc1C.CCCc1cn2cc(C)nc2cc1C(F)(F)F. The number of piperazine rings is 1. The number of hydrogen-bond acceptors (Lipinski definition) is 5. The second-order valence-electron chi connectivity index (χ2n) is 9.94. The molecule has 4 rings (SSSR count). The van der Waals surface area contributed by atoms with Crippen molar-refractivity contribution in [2.24, 2.45) is 0 Å². The lowest BCUT2D eigenvalue weighted by Crippen LogP contribution is -2.44. The van der Waals surface area contributed by atoms with Crippen molar-refractivity contribution in [3.05, 3.63) is 58.8 Å². The van der Waals surface area contributed by atoms with E-state index in [0.717, 1.165) is 51.5 Å². The number of aryl methyl sites for hydroxylation is 3. The molecule has 9 heteroatoms. The van der Waals surface area contributed by atoms with Crippen LogP contribution in [0.15, 0.2) is 30.7 Å². The zero-order valence-electron chi connectivity index (χ0n) is 28.3. The summed E-state index contributed by atoms with van der Waals surface area (Å²) >= 11 is 0. The van der Waals surface area contributed by atoms with E-state index in [2.05, 4.69) is 40.1 Å². The van der Waals surface area contributed by atoms with Crippen LogP contribution in [0.5, 0.6) is 0 Å². The van der Waals surface area contributed by atoms with Gasteiger partial charge in [0.1, 0.15) is 11.4 Å². The van der Waals surface area contributed by atoms with E-state index in [9.17, 15) is 18.0 Å². The van der Waals surface area contributed by atoms with E-state index in [-0.39, 0.29) is 5.78 Å². The molecule has 0 radical (unpaired) electrons. The fourth-order valence-electron chi connectivity index (χ4n) is 4.63. The molecule has 0 bridgehead atoms. The van der Waals surface area contributed by atoms with Crippen molar-refractivity contribution >= 4 is 17.1 Å². The number of aromatic nitrogens is 3. The molecule has 0 aliphatic carbocycles. The Balaban J connectivity index is 0.000000632. The van der Waals surface area contributed by atoms with Gasteiger partial charge in [-0.05, 0) is 63.3 Å².